The maximum absolute atomic E-state index is 11.2. The summed E-state index contributed by atoms with van der Waals surface area (Å²) < 4.78 is 4.52. The van der Waals surface area contributed by atoms with Gasteiger partial charge in [-0.3, -0.25) is 20.2 Å². The molecule has 3 rings (SSSR count). The first-order valence-electron chi connectivity index (χ1n) is 6.44. The fourth-order valence-corrected chi connectivity index (χ4v) is 2.16. The number of aromatic nitrogens is 2. The predicted octanol–water partition coefficient (Wildman–Crippen LogP) is 2.65. The first-order valence-corrected chi connectivity index (χ1v) is 6.44. The van der Waals surface area contributed by atoms with E-state index in [1.165, 1.54) is 0 Å². The number of fused-ring (bicyclic) bond motifs is 1. The lowest BCUT2D eigenvalue weighted by atomic mass is 10.1. The van der Waals surface area contributed by atoms with E-state index in [9.17, 15) is 20.2 Å². The minimum absolute atomic E-state index is 0.0284. The Morgan fingerprint density at radius 3 is 2.30 bits per heavy atom. The SMILES string of the molecule is O=[N+]([O-])c1cc([N+](=O)[O-])c2nonc2c1NCc1ccccc1. The Labute approximate surface area is 128 Å². The second-order valence-corrected chi connectivity index (χ2v) is 4.60. The van der Waals surface area contributed by atoms with Crippen LogP contribution in [0.2, 0.25) is 0 Å². The molecule has 0 amide bonds. The molecule has 0 fully saturated rings. The largest absolute Gasteiger partial charge is 0.373 e. The number of anilines is 1. The van der Waals surface area contributed by atoms with Crippen molar-refractivity contribution < 1.29 is 14.5 Å². The molecular formula is C13H9N5O5. The van der Waals surface area contributed by atoms with Gasteiger partial charge < -0.3 is 5.32 Å². The molecule has 1 N–H and O–H groups in total. The number of benzene rings is 2. The molecule has 1 heterocycles. The van der Waals surface area contributed by atoms with E-state index < -0.39 is 21.2 Å². The fraction of sp³-hybridized carbons (Fsp3) is 0.0769. The highest BCUT2D eigenvalue weighted by molar-refractivity contribution is 5.98. The molecule has 0 bridgehead atoms. The van der Waals surface area contributed by atoms with Gasteiger partial charge in [0.05, 0.1) is 15.9 Å². The zero-order valence-electron chi connectivity index (χ0n) is 11.5. The molecule has 0 aliphatic heterocycles. The van der Waals surface area contributed by atoms with Gasteiger partial charge in [0.2, 0.25) is 5.52 Å². The van der Waals surface area contributed by atoms with Crippen molar-refractivity contribution in [3.8, 4) is 0 Å². The molecule has 0 saturated carbocycles. The monoisotopic (exact) mass is 315 g/mol. The van der Waals surface area contributed by atoms with E-state index in [-0.39, 0.29) is 23.3 Å². The third kappa shape index (κ3) is 2.64. The topological polar surface area (TPSA) is 137 Å². The average molecular weight is 315 g/mol. The van der Waals surface area contributed by atoms with Crippen LogP contribution in [0.3, 0.4) is 0 Å². The Kier molecular flexibility index (Phi) is 3.55. The fourth-order valence-electron chi connectivity index (χ4n) is 2.16. The van der Waals surface area contributed by atoms with Crippen LogP contribution in [0.15, 0.2) is 41.0 Å². The lowest BCUT2D eigenvalue weighted by Gasteiger charge is -2.07. The Morgan fingerprint density at radius 2 is 1.65 bits per heavy atom. The maximum Gasteiger partial charge on any atom is 0.307 e. The molecule has 1 aromatic heterocycles. The minimum Gasteiger partial charge on any atom is -0.373 e. The van der Waals surface area contributed by atoms with Gasteiger partial charge in [-0.25, -0.2) is 4.63 Å². The van der Waals surface area contributed by atoms with Crippen LogP contribution < -0.4 is 5.32 Å². The second kappa shape index (κ2) is 5.67. The van der Waals surface area contributed by atoms with Gasteiger partial charge in [-0.1, -0.05) is 30.3 Å². The van der Waals surface area contributed by atoms with Gasteiger partial charge in [-0.05, 0) is 15.9 Å². The number of rotatable bonds is 5. The summed E-state index contributed by atoms with van der Waals surface area (Å²) in [6, 6.07) is 10.0. The first-order chi connectivity index (χ1) is 11.1. The predicted molar refractivity (Wildman–Crippen MR) is 78.9 cm³/mol. The van der Waals surface area contributed by atoms with Crippen molar-refractivity contribution in [1.29, 1.82) is 0 Å². The van der Waals surface area contributed by atoms with E-state index in [4.69, 9.17) is 0 Å². The Bertz CT molecular complexity index is 892. The van der Waals surface area contributed by atoms with Gasteiger partial charge >= 0.3 is 11.4 Å². The Balaban J connectivity index is 2.09. The number of hydrogen-bond donors (Lipinski definition) is 1. The van der Waals surface area contributed by atoms with Crippen LogP contribution >= 0.6 is 0 Å². The van der Waals surface area contributed by atoms with Crippen LogP contribution in [0.1, 0.15) is 5.56 Å². The third-order valence-electron chi connectivity index (χ3n) is 3.20. The van der Waals surface area contributed by atoms with Gasteiger partial charge in [-0.15, -0.1) is 0 Å². The van der Waals surface area contributed by atoms with E-state index in [1.54, 1.807) is 0 Å². The number of nitro groups is 2. The molecule has 10 nitrogen and oxygen atoms in total. The molecule has 0 unspecified atom stereocenters. The normalized spacial score (nSPS) is 10.6. The summed E-state index contributed by atoms with van der Waals surface area (Å²) in [5, 5.41) is 32.2. The molecule has 3 aromatic rings. The quantitative estimate of drug-likeness (QED) is 0.560. The average Bonchev–Trinajstić information content (AvgIpc) is 3.02. The van der Waals surface area contributed by atoms with Crippen molar-refractivity contribution >= 4 is 28.1 Å². The minimum atomic E-state index is -0.763. The van der Waals surface area contributed by atoms with E-state index >= 15 is 0 Å². The molecule has 0 radical (unpaired) electrons. The van der Waals surface area contributed by atoms with Crippen molar-refractivity contribution in [2.24, 2.45) is 0 Å². The molecule has 10 heteroatoms. The zero-order chi connectivity index (χ0) is 16.4. The molecular weight excluding hydrogens is 306 g/mol. The molecule has 116 valence electrons. The smallest absolute Gasteiger partial charge is 0.307 e. The van der Waals surface area contributed by atoms with Crippen LogP contribution in [0.4, 0.5) is 17.1 Å². The standard InChI is InChI=1S/C13H9N5O5/c19-17(20)9-6-10(18(21)22)12-13(16-23-15-12)11(9)14-7-8-4-2-1-3-5-8/h1-6,14H,7H2. The molecule has 0 aliphatic rings. The molecule has 0 aliphatic carbocycles. The first kappa shape index (κ1) is 14.4. The highest BCUT2D eigenvalue weighted by atomic mass is 16.6. The van der Waals surface area contributed by atoms with Crippen LogP contribution in [-0.4, -0.2) is 20.2 Å². The lowest BCUT2D eigenvalue weighted by molar-refractivity contribution is -0.392. The summed E-state index contributed by atoms with van der Waals surface area (Å²) in [7, 11) is 0. The van der Waals surface area contributed by atoms with E-state index in [1.807, 2.05) is 30.3 Å². The van der Waals surface area contributed by atoms with Gasteiger partial charge in [0, 0.05) is 6.54 Å². The number of nitro benzene ring substituents is 2. The maximum atomic E-state index is 11.2. The van der Waals surface area contributed by atoms with Gasteiger partial charge in [-0.2, -0.15) is 0 Å². The summed E-state index contributed by atoms with van der Waals surface area (Å²) in [6.45, 7) is 0.279. The molecule has 2 aromatic carbocycles. The molecule has 0 saturated heterocycles. The number of non-ortho nitro benzene ring substituents is 1. The van der Waals surface area contributed by atoms with Gasteiger partial charge in [0.1, 0.15) is 5.69 Å². The van der Waals surface area contributed by atoms with Crippen molar-refractivity contribution in [3.63, 3.8) is 0 Å². The van der Waals surface area contributed by atoms with Crippen LogP contribution in [-0.2, 0) is 6.54 Å². The number of nitrogens with one attached hydrogen (secondary N) is 1. The summed E-state index contributed by atoms with van der Waals surface area (Å²) >= 11 is 0. The van der Waals surface area contributed by atoms with Crippen LogP contribution in [0.25, 0.3) is 11.0 Å². The summed E-state index contributed by atoms with van der Waals surface area (Å²) in [6.07, 6.45) is 0. The van der Waals surface area contributed by atoms with Gasteiger partial charge in [0.15, 0.2) is 5.52 Å². The highest BCUT2D eigenvalue weighted by Crippen LogP contribution is 2.37. The second-order valence-electron chi connectivity index (χ2n) is 4.60. The Hall–Kier alpha value is -3.56. The van der Waals surface area contributed by atoms with Crippen molar-refractivity contribution in [2.45, 2.75) is 6.54 Å². The Morgan fingerprint density at radius 1 is 1.00 bits per heavy atom. The highest BCUT2D eigenvalue weighted by Gasteiger charge is 2.29. The number of nitrogens with zero attached hydrogens (tertiary/aromatic N) is 4. The van der Waals surface area contributed by atoms with Crippen LogP contribution in [0.5, 0.6) is 0 Å². The van der Waals surface area contributed by atoms with Crippen molar-refractivity contribution in [1.82, 2.24) is 10.3 Å². The summed E-state index contributed by atoms with van der Waals surface area (Å²) in [5.74, 6) is 0. The lowest BCUT2D eigenvalue weighted by Crippen LogP contribution is -2.04. The molecule has 0 atom stereocenters. The van der Waals surface area contributed by atoms with E-state index in [0.29, 0.717) is 0 Å². The molecule has 0 spiro atoms. The van der Waals surface area contributed by atoms with E-state index in [0.717, 1.165) is 11.6 Å². The zero-order valence-corrected chi connectivity index (χ0v) is 11.5. The molecule has 23 heavy (non-hydrogen) atoms. The van der Waals surface area contributed by atoms with Gasteiger partial charge in [0.25, 0.3) is 0 Å². The summed E-state index contributed by atoms with van der Waals surface area (Å²) in [5.41, 5.74) is -0.280. The van der Waals surface area contributed by atoms with Crippen molar-refractivity contribution in [3.05, 3.63) is 62.2 Å². The van der Waals surface area contributed by atoms with E-state index in [2.05, 4.69) is 20.3 Å². The van der Waals surface area contributed by atoms with Crippen LogP contribution in [0, 0.1) is 20.2 Å². The number of hydrogen-bond acceptors (Lipinski definition) is 8. The third-order valence-corrected chi connectivity index (χ3v) is 3.20. The summed E-state index contributed by atoms with van der Waals surface area (Å²) in [4.78, 5) is 20.8. The van der Waals surface area contributed by atoms with Crippen molar-refractivity contribution in [2.75, 3.05) is 5.32 Å².